The molecule has 17 heavy (non-hydrogen) atoms. The summed E-state index contributed by atoms with van der Waals surface area (Å²) < 4.78 is 50.4. The molecule has 3 N–H and O–H groups in total. The Hall–Kier alpha value is -0.560. The first-order chi connectivity index (χ1) is 7.27. The number of aliphatic hydroxyl groups is 1. The van der Waals surface area contributed by atoms with Gasteiger partial charge in [0.1, 0.15) is 5.82 Å². The predicted octanol–water partition coefficient (Wildman–Crippen LogP) is 2.91. The third kappa shape index (κ3) is 3.70. The first-order valence-electron chi connectivity index (χ1n) is 4.20. The molecule has 0 aliphatic rings. The molecule has 0 heterocycles. The molecule has 1 rings (SSSR count). The Labute approximate surface area is 106 Å². The summed E-state index contributed by atoms with van der Waals surface area (Å²) in [5.74, 6) is -1.05. The molecule has 0 radical (unpaired) electrons. The molecule has 0 aliphatic heterocycles. The fourth-order valence-corrected chi connectivity index (χ4v) is 1.37. The average molecular weight is 294 g/mol. The van der Waals surface area contributed by atoms with Gasteiger partial charge in [-0.05, 0) is 12.1 Å². The van der Waals surface area contributed by atoms with Crippen molar-refractivity contribution < 1.29 is 22.7 Å². The van der Waals surface area contributed by atoms with Crippen LogP contribution in [0.25, 0.3) is 0 Å². The van der Waals surface area contributed by atoms with Crippen LogP contribution in [0.1, 0.15) is 17.2 Å². The largest absolute Gasteiger partial charge is 0.416 e. The van der Waals surface area contributed by atoms with Crippen molar-refractivity contribution in [1.29, 1.82) is 0 Å². The third-order valence-corrected chi connectivity index (χ3v) is 2.25. The molecular formula is C9H9Cl2F4NO. The van der Waals surface area contributed by atoms with Crippen molar-refractivity contribution in [2.24, 2.45) is 5.73 Å². The fraction of sp³-hybridized carbons (Fsp3) is 0.333. The monoisotopic (exact) mass is 293 g/mol. The number of aliphatic hydroxyl groups excluding tert-OH is 1. The summed E-state index contributed by atoms with van der Waals surface area (Å²) in [6.07, 6.45) is -4.64. The number of benzene rings is 1. The lowest BCUT2D eigenvalue weighted by atomic mass is 10.0. The van der Waals surface area contributed by atoms with Crippen molar-refractivity contribution in [1.82, 2.24) is 0 Å². The van der Waals surface area contributed by atoms with Gasteiger partial charge in [-0.15, -0.1) is 12.4 Å². The van der Waals surface area contributed by atoms with E-state index in [4.69, 9.17) is 22.4 Å². The Morgan fingerprint density at radius 2 is 1.88 bits per heavy atom. The number of halogens is 6. The third-order valence-electron chi connectivity index (χ3n) is 1.98. The molecule has 2 nitrogen and oxygen atoms in total. The van der Waals surface area contributed by atoms with E-state index in [9.17, 15) is 17.6 Å². The van der Waals surface area contributed by atoms with E-state index in [1.807, 2.05) is 0 Å². The van der Waals surface area contributed by atoms with Crippen LogP contribution in [0.5, 0.6) is 0 Å². The van der Waals surface area contributed by atoms with Crippen LogP contribution in [0.15, 0.2) is 12.1 Å². The van der Waals surface area contributed by atoms with Gasteiger partial charge < -0.3 is 10.8 Å². The van der Waals surface area contributed by atoms with Crippen LogP contribution in [-0.4, -0.2) is 11.7 Å². The van der Waals surface area contributed by atoms with Gasteiger partial charge in [-0.25, -0.2) is 4.39 Å². The SMILES string of the molecule is Cl.N[C@@H](CO)c1cc(C(F)(F)F)cc(Cl)c1F. The van der Waals surface area contributed by atoms with Crippen LogP contribution in [-0.2, 0) is 6.18 Å². The van der Waals surface area contributed by atoms with E-state index in [2.05, 4.69) is 0 Å². The van der Waals surface area contributed by atoms with Crippen molar-refractivity contribution in [3.8, 4) is 0 Å². The maximum atomic E-state index is 13.3. The fourth-order valence-electron chi connectivity index (χ4n) is 1.14. The molecule has 0 amide bonds. The van der Waals surface area contributed by atoms with E-state index in [0.717, 1.165) is 0 Å². The maximum absolute atomic E-state index is 13.3. The number of nitrogens with two attached hydrogens (primary N) is 1. The zero-order valence-electron chi connectivity index (χ0n) is 8.26. The quantitative estimate of drug-likeness (QED) is 0.824. The van der Waals surface area contributed by atoms with Crippen LogP contribution in [0.3, 0.4) is 0 Å². The van der Waals surface area contributed by atoms with Crippen LogP contribution in [0.4, 0.5) is 17.6 Å². The zero-order chi connectivity index (χ0) is 12.5. The van der Waals surface area contributed by atoms with E-state index in [0.29, 0.717) is 12.1 Å². The molecular weight excluding hydrogens is 285 g/mol. The number of alkyl halides is 3. The summed E-state index contributed by atoms with van der Waals surface area (Å²) in [5, 5.41) is 8.01. The minimum atomic E-state index is -4.64. The molecule has 1 aromatic carbocycles. The Balaban J connectivity index is 0.00000256. The standard InChI is InChI=1S/C9H8ClF4NO.ClH/c10-6-2-4(9(12,13)14)1-5(8(6)11)7(15)3-16;/h1-2,7,16H,3,15H2;1H/t7-;/m0./s1. The number of hydrogen-bond acceptors (Lipinski definition) is 2. The van der Waals surface area contributed by atoms with Gasteiger partial charge in [0.25, 0.3) is 0 Å². The predicted molar refractivity (Wildman–Crippen MR) is 57.7 cm³/mol. The molecule has 0 bridgehead atoms. The lowest BCUT2D eigenvalue weighted by Gasteiger charge is -2.14. The minimum Gasteiger partial charge on any atom is -0.394 e. The van der Waals surface area contributed by atoms with Crippen LogP contribution < -0.4 is 5.73 Å². The lowest BCUT2D eigenvalue weighted by molar-refractivity contribution is -0.137. The van der Waals surface area contributed by atoms with E-state index >= 15 is 0 Å². The molecule has 1 atom stereocenters. The molecule has 0 saturated heterocycles. The normalized spacial score (nSPS) is 13.1. The van der Waals surface area contributed by atoms with E-state index in [-0.39, 0.29) is 12.4 Å². The highest BCUT2D eigenvalue weighted by Crippen LogP contribution is 2.34. The highest BCUT2D eigenvalue weighted by atomic mass is 35.5. The second kappa shape index (κ2) is 5.86. The Bertz CT molecular complexity index is 397. The van der Waals surface area contributed by atoms with E-state index in [1.54, 1.807) is 0 Å². The first-order valence-corrected chi connectivity index (χ1v) is 4.57. The molecule has 0 aliphatic carbocycles. The van der Waals surface area contributed by atoms with Crippen LogP contribution >= 0.6 is 24.0 Å². The van der Waals surface area contributed by atoms with Gasteiger partial charge in [-0.2, -0.15) is 13.2 Å². The van der Waals surface area contributed by atoms with Gasteiger partial charge in [0.2, 0.25) is 0 Å². The molecule has 0 saturated carbocycles. The maximum Gasteiger partial charge on any atom is 0.416 e. The van der Waals surface area contributed by atoms with Gasteiger partial charge in [0.05, 0.1) is 23.2 Å². The average Bonchev–Trinajstić information content (AvgIpc) is 2.19. The van der Waals surface area contributed by atoms with Crippen molar-refractivity contribution in [3.63, 3.8) is 0 Å². The molecule has 0 fully saturated rings. The summed E-state index contributed by atoms with van der Waals surface area (Å²) in [6, 6.07) is -0.216. The summed E-state index contributed by atoms with van der Waals surface area (Å²) >= 11 is 5.31. The second-order valence-electron chi connectivity index (χ2n) is 3.15. The second-order valence-corrected chi connectivity index (χ2v) is 3.56. The Morgan fingerprint density at radius 3 is 2.29 bits per heavy atom. The summed E-state index contributed by atoms with van der Waals surface area (Å²) in [5.41, 5.74) is 3.70. The van der Waals surface area contributed by atoms with Crippen molar-refractivity contribution in [3.05, 3.63) is 34.1 Å². The van der Waals surface area contributed by atoms with Crippen molar-refractivity contribution >= 4 is 24.0 Å². The smallest absolute Gasteiger partial charge is 0.394 e. The van der Waals surface area contributed by atoms with Gasteiger partial charge >= 0.3 is 6.18 Å². The zero-order valence-corrected chi connectivity index (χ0v) is 9.83. The minimum absolute atomic E-state index is 0. The molecule has 1 aromatic rings. The molecule has 0 unspecified atom stereocenters. The first kappa shape index (κ1) is 16.4. The molecule has 0 spiro atoms. The summed E-state index contributed by atoms with van der Waals surface area (Å²) in [4.78, 5) is 0. The summed E-state index contributed by atoms with van der Waals surface area (Å²) in [7, 11) is 0. The van der Waals surface area contributed by atoms with Gasteiger partial charge in [-0.1, -0.05) is 11.6 Å². The Kier molecular flexibility index (Phi) is 5.67. The number of hydrogen-bond donors (Lipinski definition) is 2. The van der Waals surface area contributed by atoms with E-state index in [1.165, 1.54) is 0 Å². The van der Waals surface area contributed by atoms with Gasteiger partial charge in [-0.3, -0.25) is 0 Å². The lowest BCUT2D eigenvalue weighted by Crippen LogP contribution is -2.18. The van der Waals surface area contributed by atoms with Crippen molar-refractivity contribution in [2.45, 2.75) is 12.2 Å². The van der Waals surface area contributed by atoms with Gasteiger partial charge in [0, 0.05) is 5.56 Å². The van der Waals surface area contributed by atoms with E-state index < -0.39 is 40.8 Å². The summed E-state index contributed by atoms with van der Waals surface area (Å²) in [6.45, 7) is -0.672. The molecule has 0 aromatic heterocycles. The topological polar surface area (TPSA) is 46.2 Å². The van der Waals surface area contributed by atoms with Crippen molar-refractivity contribution in [2.75, 3.05) is 6.61 Å². The highest BCUT2D eigenvalue weighted by Gasteiger charge is 2.32. The Morgan fingerprint density at radius 1 is 1.35 bits per heavy atom. The van der Waals surface area contributed by atoms with Crippen LogP contribution in [0, 0.1) is 5.82 Å². The molecule has 8 heteroatoms. The van der Waals surface area contributed by atoms with Gasteiger partial charge in [0.15, 0.2) is 0 Å². The highest BCUT2D eigenvalue weighted by molar-refractivity contribution is 6.30. The molecule has 98 valence electrons. The number of rotatable bonds is 2. The van der Waals surface area contributed by atoms with Crippen LogP contribution in [0.2, 0.25) is 5.02 Å².